The summed E-state index contributed by atoms with van der Waals surface area (Å²) < 4.78 is 15.3. The molecule has 0 radical (unpaired) electrons. The van der Waals surface area contributed by atoms with Crippen molar-refractivity contribution in [2.24, 2.45) is 0 Å². The Kier molecular flexibility index (Phi) is 5.20. The summed E-state index contributed by atoms with van der Waals surface area (Å²) in [6.45, 7) is 10.9. The molecule has 0 saturated carbocycles. The average molecular weight is 332 g/mol. The van der Waals surface area contributed by atoms with Gasteiger partial charge < -0.3 is 0 Å². The van der Waals surface area contributed by atoms with Crippen LogP contribution in [0.5, 0.6) is 0 Å². The molecule has 0 spiro atoms. The van der Waals surface area contributed by atoms with Gasteiger partial charge in [-0.25, -0.2) is 9.07 Å². The van der Waals surface area contributed by atoms with Crippen LogP contribution in [0.3, 0.4) is 0 Å². The van der Waals surface area contributed by atoms with E-state index in [1.165, 1.54) is 6.07 Å². The summed E-state index contributed by atoms with van der Waals surface area (Å²) in [7, 11) is 0. The van der Waals surface area contributed by atoms with Crippen LogP contribution in [0.2, 0.25) is 0 Å². The Morgan fingerprint density at radius 1 is 1.12 bits per heavy atom. The van der Waals surface area contributed by atoms with E-state index in [-0.39, 0.29) is 17.9 Å². The fourth-order valence-electron chi connectivity index (χ4n) is 3.20. The molecule has 1 fully saturated rings. The number of nitrogens with zero attached hydrogens (tertiary/aromatic N) is 6. The second kappa shape index (κ2) is 7.36. The van der Waals surface area contributed by atoms with Crippen molar-refractivity contribution in [1.82, 2.24) is 30.0 Å². The average Bonchev–Trinajstić information content (AvgIpc) is 3.03. The molecule has 1 aromatic carbocycles. The molecule has 1 aliphatic rings. The fourth-order valence-corrected chi connectivity index (χ4v) is 3.20. The third kappa shape index (κ3) is 3.79. The maximum absolute atomic E-state index is 13.4. The number of hydrogen-bond acceptors (Lipinski definition) is 5. The van der Waals surface area contributed by atoms with Gasteiger partial charge in [0.25, 0.3) is 0 Å². The van der Waals surface area contributed by atoms with Crippen LogP contribution in [0.15, 0.2) is 24.3 Å². The van der Waals surface area contributed by atoms with Gasteiger partial charge in [0.2, 0.25) is 0 Å². The van der Waals surface area contributed by atoms with Crippen LogP contribution >= 0.6 is 0 Å². The van der Waals surface area contributed by atoms with E-state index < -0.39 is 0 Å². The molecular formula is C17H25FN6. The summed E-state index contributed by atoms with van der Waals surface area (Å²) in [5.74, 6) is 0.745. The zero-order valence-electron chi connectivity index (χ0n) is 14.6. The van der Waals surface area contributed by atoms with Gasteiger partial charge in [-0.3, -0.25) is 9.80 Å². The molecule has 7 heteroatoms. The summed E-state index contributed by atoms with van der Waals surface area (Å²) in [4.78, 5) is 4.77. The van der Waals surface area contributed by atoms with Crippen molar-refractivity contribution in [3.63, 3.8) is 0 Å². The summed E-state index contributed by atoms with van der Waals surface area (Å²) in [5, 5.41) is 12.0. The summed E-state index contributed by atoms with van der Waals surface area (Å²) >= 11 is 0. The highest BCUT2D eigenvalue weighted by Gasteiger charge is 2.23. The van der Waals surface area contributed by atoms with E-state index in [0.29, 0.717) is 0 Å². The SMILES string of the molecule is CC(C)n1nnnc1CN1CCN([C@@H](C)c2cccc(F)c2)CC1. The van der Waals surface area contributed by atoms with Gasteiger partial charge in [0.1, 0.15) is 5.82 Å². The van der Waals surface area contributed by atoms with E-state index in [4.69, 9.17) is 0 Å². The van der Waals surface area contributed by atoms with Crippen LogP contribution in [-0.4, -0.2) is 56.2 Å². The first-order chi connectivity index (χ1) is 11.5. The van der Waals surface area contributed by atoms with Crippen molar-refractivity contribution in [2.45, 2.75) is 39.4 Å². The highest BCUT2D eigenvalue weighted by Crippen LogP contribution is 2.22. The zero-order valence-corrected chi connectivity index (χ0v) is 14.6. The molecule has 6 nitrogen and oxygen atoms in total. The highest BCUT2D eigenvalue weighted by atomic mass is 19.1. The molecule has 1 aliphatic heterocycles. The van der Waals surface area contributed by atoms with Crippen molar-refractivity contribution in [3.8, 4) is 0 Å². The molecular weight excluding hydrogens is 307 g/mol. The van der Waals surface area contributed by atoms with Crippen LogP contribution in [0.4, 0.5) is 4.39 Å². The van der Waals surface area contributed by atoms with E-state index >= 15 is 0 Å². The first-order valence-corrected chi connectivity index (χ1v) is 8.53. The molecule has 3 rings (SSSR count). The Morgan fingerprint density at radius 3 is 2.54 bits per heavy atom. The molecule has 0 aliphatic carbocycles. The number of piperazine rings is 1. The third-order valence-corrected chi connectivity index (χ3v) is 4.70. The van der Waals surface area contributed by atoms with Gasteiger partial charge in [-0.05, 0) is 48.9 Å². The third-order valence-electron chi connectivity index (χ3n) is 4.70. The minimum absolute atomic E-state index is 0.168. The van der Waals surface area contributed by atoms with Crippen LogP contribution < -0.4 is 0 Å². The predicted octanol–water partition coefficient (Wildman–Crippen LogP) is 2.27. The molecule has 2 heterocycles. The number of tetrazole rings is 1. The predicted molar refractivity (Wildman–Crippen MR) is 89.9 cm³/mol. The molecule has 0 bridgehead atoms. The van der Waals surface area contributed by atoms with Gasteiger partial charge in [-0.15, -0.1) is 5.10 Å². The number of hydrogen-bond donors (Lipinski definition) is 0. The fraction of sp³-hybridized carbons (Fsp3) is 0.588. The molecule has 24 heavy (non-hydrogen) atoms. The van der Waals surface area contributed by atoms with E-state index in [2.05, 4.69) is 46.1 Å². The Hall–Kier alpha value is -1.86. The van der Waals surface area contributed by atoms with E-state index in [0.717, 1.165) is 44.1 Å². The van der Waals surface area contributed by atoms with E-state index in [9.17, 15) is 4.39 Å². The van der Waals surface area contributed by atoms with Gasteiger partial charge in [0.15, 0.2) is 5.82 Å². The zero-order chi connectivity index (χ0) is 17.1. The quantitative estimate of drug-likeness (QED) is 0.841. The molecule has 0 unspecified atom stereocenters. The van der Waals surface area contributed by atoms with Crippen molar-refractivity contribution in [2.75, 3.05) is 26.2 Å². The van der Waals surface area contributed by atoms with Crippen LogP contribution in [0, 0.1) is 5.82 Å². The monoisotopic (exact) mass is 332 g/mol. The molecule has 2 aromatic rings. The van der Waals surface area contributed by atoms with Crippen molar-refractivity contribution < 1.29 is 4.39 Å². The van der Waals surface area contributed by atoms with E-state index in [1.54, 1.807) is 12.1 Å². The first-order valence-electron chi connectivity index (χ1n) is 8.53. The Morgan fingerprint density at radius 2 is 1.88 bits per heavy atom. The van der Waals surface area contributed by atoms with Crippen LogP contribution in [0.1, 0.15) is 44.2 Å². The van der Waals surface area contributed by atoms with Gasteiger partial charge in [0, 0.05) is 32.2 Å². The van der Waals surface area contributed by atoms with Gasteiger partial charge in [0.05, 0.1) is 12.6 Å². The first kappa shape index (κ1) is 17.0. The van der Waals surface area contributed by atoms with Gasteiger partial charge >= 0.3 is 0 Å². The Bertz CT molecular complexity index is 663. The molecule has 0 N–H and O–H groups in total. The number of aromatic nitrogens is 4. The molecule has 1 aromatic heterocycles. The standard InChI is InChI=1S/C17H25FN6/c1-13(2)24-17(19-20-21-24)12-22-7-9-23(10-8-22)14(3)15-5-4-6-16(18)11-15/h4-6,11,13-14H,7-10,12H2,1-3H3/t14-/m0/s1. The van der Waals surface area contributed by atoms with Crippen molar-refractivity contribution in [1.29, 1.82) is 0 Å². The molecule has 130 valence electrons. The number of rotatable bonds is 5. The summed E-state index contributed by atoms with van der Waals surface area (Å²) in [5.41, 5.74) is 1.03. The van der Waals surface area contributed by atoms with Crippen LogP contribution in [-0.2, 0) is 6.54 Å². The minimum atomic E-state index is -0.168. The highest BCUT2D eigenvalue weighted by molar-refractivity contribution is 5.19. The van der Waals surface area contributed by atoms with Crippen molar-refractivity contribution >= 4 is 0 Å². The molecule has 1 atom stereocenters. The second-order valence-corrected chi connectivity index (χ2v) is 6.68. The normalized spacial score (nSPS) is 18.2. The number of benzene rings is 1. The van der Waals surface area contributed by atoms with E-state index in [1.807, 2.05) is 10.7 Å². The maximum Gasteiger partial charge on any atom is 0.165 e. The lowest BCUT2D eigenvalue weighted by Gasteiger charge is -2.38. The molecule has 0 amide bonds. The minimum Gasteiger partial charge on any atom is -0.294 e. The van der Waals surface area contributed by atoms with Gasteiger partial charge in [-0.1, -0.05) is 12.1 Å². The lowest BCUT2D eigenvalue weighted by atomic mass is 10.1. The lowest BCUT2D eigenvalue weighted by Crippen LogP contribution is -2.47. The smallest absolute Gasteiger partial charge is 0.165 e. The largest absolute Gasteiger partial charge is 0.294 e. The number of halogens is 1. The van der Waals surface area contributed by atoms with Crippen LogP contribution in [0.25, 0.3) is 0 Å². The molecule has 1 saturated heterocycles. The second-order valence-electron chi connectivity index (χ2n) is 6.68. The van der Waals surface area contributed by atoms with Crippen molar-refractivity contribution in [3.05, 3.63) is 41.5 Å². The topological polar surface area (TPSA) is 50.1 Å². The Labute approximate surface area is 142 Å². The lowest BCUT2D eigenvalue weighted by molar-refractivity contribution is 0.0948. The van der Waals surface area contributed by atoms with Gasteiger partial charge in [-0.2, -0.15) is 0 Å². The summed E-state index contributed by atoms with van der Waals surface area (Å²) in [6.07, 6.45) is 0. The summed E-state index contributed by atoms with van der Waals surface area (Å²) in [6, 6.07) is 7.40. The maximum atomic E-state index is 13.4. The Balaban J connectivity index is 1.56.